The van der Waals surface area contributed by atoms with E-state index in [0.29, 0.717) is 12.1 Å². The molecule has 2 aliphatic rings. The van der Waals surface area contributed by atoms with Gasteiger partial charge in [-0.2, -0.15) is 0 Å². The van der Waals surface area contributed by atoms with Gasteiger partial charge in [-0.25, -0.2) is 0 Å². The summed E-state index contributed by atoms with van der Waals surface area (Å²) < 4.78 is 5.40. The zero-order chi connectivity index (χ0) is 11.7. The maximum absolute atomic E-state index is 5.40. The first-order chi connectivity index (χ1) is 8.33. The molecule has 0 aliphatic carbocycles. The first kappa shape index (κ1) is 11.3. The highest BCUT2D eigenvalue weighted by atomic mass is 16.3. The van der Waals surface area contributed by atoms with Crippen molar-refractivity contribution < 1.29 is 4.42 Å². The summed E-state index contributed by atoms with van der Waals surface area (Å²) in [6, 6.07) is 6.04. The Morgan fingerprint density at radius 1 is 1.47 bits per heavy atom. The van der Waals surface area contributed by atoms with Gasteiger partial charge >= 0.3 is 0 Å². The summed E-state index contributed by atoms with van der Waals surface area (Å²) in [6.07, 6.45) is 6.83. The van der Waals surface area contributed by atoms with E-state index < -0.39 is 0 Å². The zero-order valence-electron chi connectivity index (χ0n) is 10.6. The fourth-order valence-corrected chi connectivity index (χ4v) is 3.43. The van der Waals surface area contributed by atoms with Crippen LogP contribution in [0.2, 0.25) is 0 Å². The molecule has 17 heavy (non-hydrogen) atoms. The molecule has 0 bridgehead atoms. The average Bonchev–Trinajstić information content (AvgIpc) is 2.97. The molecule has 1 N–H and O–H groups in total. The molecule has 0 spiro atoms. The summed E-state index contributed by atoms with van der Waals surface area (Å²) in [5.41, 5.74) is 0. The summed E-state index contributed by atoms with van der Waals surface area (Å²) >= 11 is 0. The Hall–Kier alpha value is -0.800. The number of hydrogen-bond acceptors (Lipinski definition) is 3. The Morgan fingerprint density at radius 3 is 3.24 bits per heavy atom. The van der Waals surface area contributed by atoms with Gasteiger partial charge in [0.25, 0.3) is 0 Å². The monoisotopic (exact) mass is 234 g/mol. The Kier molecular flexibility index (Phi) is 3.21. The van der Waals surface area contributed by atoms with E-state index in [0.717, 1.165) is 18.2 Å². The lowest BCUT2D eigenvalue weighted by Crippen LogP contribution is -2.44. The molecular formula is C14H22N2O. The lowest BCUT2D eigenvalue weighted by atomic mass is 10.0. The van der Waals surface area contributed by atoms with Crippen molar-refractivity contribution in [2.75, 3.05) is 13.1 Å². The maximum atomic E-state index is 5.40. The van der Waals surface area contributed by atoms with E-state index >= 15 is 0 Å². The number of nitrogens with one attached hydrogen (secondary N) is 1. The third-order valence-corrected chi connectivity index (χ3v) is 4.19. The van der Waals surface area contributed by atoms with Crippen LogP contribution in [0.4, 0.5) is 0 Å². The summed E-state index contributed by atoms with van der Waals surface area (Å²) in [7, 11) is 0. The number of hydrogen-bond donors (Lipinski definition) is 1. The Balaban J connectivity index is 1.53. The van der Waals surface area contributed by atoms with Crippen molar-refractivity contribution in [3.8, 4) is 0 Å². The van der Waals surface area contributed by atoms with Crippen LogP contribution >= 0.6 is 0 Å². The van der Waals surface area contributed by atoms with Gasteiger partial charge in [0.1, 0.15) is 5.76 Å². The quantitative estimate of drug-likeness (QED) is 0.864. The van der Waals surface area contributed by atoms with E-state index in [4.69, 9.17) is 4.42 Å². The molecule has 0 saturated carbocycles. The number of nitrogens with zero attached hydrogens (tertiary/aromatic N) is 1. The van der Waals surface area contributed by atoms with Crippen LogP contribution < -0.4 is 5.32 Å². The summed E-state index contributed by atoms with van der Waals surface area (Å²) in [5.74, 6) is 1.09. The van der Waals surface area contributed by atoms with Crippen LogP contribution in [0.5, 0.6) is 0 Å². The standard InChI is InChI=1S/C14H22N2O/c1-11(10-12-4-3-9-17-12)15-13-6-8-16-7-2-5-14(13)16/h3-4,9,11,13-15H,2,5-8,10H2,1H3. The van der Waals surface area contributed by atoms with Gasteiger partial charge in [-0.3, -0.25) is 4.90 Å². The lowest BCUT2D eigenvalue weighted by Gasteiger charge is -2.24. The van der Waals surface area contributed by atoms with E-state index in [9.17, 15) is 0 Å². The minimum absolute atomic E-state index is 0.506. The highest BCUT2D eigenvalue weighted by Crippen LogP contribution is 2.28. The van der Waals surface area contributed by atoms with Gasteiger partial charge in [0, 0.05) is 31.1 Å². The highest BCUT2D eigenvalue weighted by Gasteiger charge is 2.37. The molecule has 2 aliphatic heterocycles. The van der Waals surface area contributed by atoms with Crippen LogP contribution in [0.1, 0.15) is 31.9 Å². The van der Waals surface area contributed by atoms with Crippen LogP contribution in [-0.2, 0) is 6.42 Å². The van der Waals surface area contributed by atoms with Gasteiger partial charge in [0.15, 0.2) is 0 Å². The number of furan rings is 1. The molecule has 3 unspecified atom stereocenters. The molecule has 2 fully saturated rings. The third-order valence-electron chi connectivity index (χ3n) is 4.19. The minimum atomic E-state index is 0.506. The van der Waals surface area contributed by atoms with Crippen LogP contribution in [0.15, 0.2) is 22.8 Å². The first-order valence-corrected chi connectivity index (χ1v) is 6.85. The predicted molar refractivity (Wildman–Crippen MR) is 68.0 cm³/mol. The summed E-state index contributed by atoms with van der Waals surface area (Å²) in [4.78, 5) is 2.65. The van der Waals surface area contributed by atoms with Crippen LogP contribution in [0.3, 0.4) is 0 Å². The predicted octanol–water partition coefficient (Wildman–Crippen LogP) is 2.04. The van der Waals surface area contributed by atoms with Crippen molar-refractivity contribution in [1.82, 2.24) is 10.2 Å². The SMILES string of the molecule is CC(Cc1ccco1)NC1CCN2CCCC12. The van der Waals surface area contributed by atoms with E-state index in [1.54, 1.807) is 6.26 Å². The first-order valence-electron chi connectivity index (χ1n) is 6.85. The molecule has 3 heteroatoms. The minimum Gasteiger partial charge on any atom is -0.469 e. The molecule has 3 rings (SSSR count). The average molecular weight is 234 g/mol. The molecule has 3 heterocycles. The Morgan fingerprint density at radius 2 is 2.41 bits per heavy atom. The van der Waals surface area contributed by atoms with E-state index in [-0.39, 0.29) is 0 Å². The highest BCUT2D eigenvalue weighted by molar-refractivity contribution is 5.02. The Labute approximate surface area is 103 Å². The topological polar surface area (TPSA) is 28.4 Å². The Bertz CT molecular complexity index is 349. The van der Waals surface area contributed by atoms with E-state index in [1.165, 1.54) is 32.4 Å². The molecule has 2 saturated heterocycles. The van der Waals surface area contributed by atoms with Crippen molar-refractivity contribution in [3.05, 3.63) is 24.2 Å². The van der Waals surface area contributed by atoms with Crippen LogP contribution in [-0.4, -0.2) is 36.1 Å². The van der Waals surface area contributed by atoms with Crippen molar-refractivity contribution >= 4 is 0 Å². The normalized spacial score (nSPS) is 30.6. The van der Waals surface area contributed by atoms with Gasteiger partial charge in [-0.1, -0.05) is 0 Å². The molecule has 1 aromatic heterocycles. The second-order valence-electron chi connectivity index (χ2n) is 5.49. The fraction of sp³-hybridized carbons (Fsp3) is 0.714. The molecule has 94 valence electrons. The van der Waals surface area contributed by atoms with Crippen molar-refractivity contribution in [3.63, 3.8) is 0 Å². The summed E-state index contributed by atoms with van der Waals surface area (Å²) in [5, 5.41) is 3.79. The van der Waals surface area contributed by atoms with Gasteiger partial charge in [0.05, 0.1) is 6.26 Å². The smallest absolute Gasteiger partial charge is 0.105 e. The molecule has 0 radical (unpaired) electrons. The number of rotatable bonds is 4. The van der Waals surface area contributed by atoms with Crippen LogP contribution in [0.25, 0.3) is 0 Å². The number of fused-ring (bicyclic) bond motifs is 1. The molecule has 1 aromatic rings. The van der Waals surface area contributed by atoms with Crippen molar-refractivity contribution in [1.29, 1.82) is 0 Å². The van der Waals surface area contributed by atoms with Gasteiger partial charge in [-0.15, -0.1) is 0 Å². The van der Waals surface area contributed by atoms with Crippen molar-refractivity contribution in [2.45, 2.75) is 50.7 Å². The lowest BCUT2D eigenvalue weighted by molar-refractivity contribution is 0.288. The van der Waals surface area contributed by atoms with E-state index in [2.05, 4.69) is 23.2 Å². The molecule has 0 amide bonds. The second kappa shape index (κ2) is 4.83. The fourth-order valence-electron chi connectivity index (χ4n) is 3.43. The molecular weight excluding hydrogens is 212 g/mol. The zero-order valence-corrected chi connectivity index (χ0v) is 10.6. The molecule has 3 atom stereocenters. The molecule has 3 nitrogen and oxygen atoms in total. The van der Waals surface area contributed by atoms with Gasteiger partial charge in [-0.05, 0) is 44.9 Å². The maximum Gasteiger partial charge on any atom is 0.105 e. The van der Waals surface area contributed by atoms with Gasteiger partial charge in [0.2, 0.25) is 0 Å². The van der Waals surface area contributed by atoms with Crippen LogP contribution in [0, 0.1) is 0 Å². The van der Waals surface area contributed by atoms with Gasteiger partial charge < -0.3 is 9.73 Å². The molecule has 0 aromatic carbocycles. The largest absolute Gasteiger partial charge is 0.469 e. The third kappa shape index (κ3) is 2.40. The van der Waals surface area contributed by atoms with Crippen molar-refractivity contribution in [2.24, 2.45) is 0 Å². The van der Waals surface area contributed by atoms with E-state index in [1.807, 2.05) is 6.07 Å². The summed E-state index contributed by atoms with van der Waals surface area (Å²) in [6.45, 7) is 4.87. The second-order valence-corrected chi connectivity index (χ2v) is 5.49.